The van der Waals surface area contributed by atoms with Crippen molar-refractivity contribution in [1.29, 1.82) is 0 Å². The minimum Gasteiger partial charge on any atom is -0.391 e. The number of nitrogens with zero attached hydrogens (tertiary/aromatic N) is 1. The van der Waals surface area contributed by atoms with Gasteiger partial charge in [0.05, 0.1) is 12.5 Å². The summed E-state index contributed by atoms with van der Waals surface area (Å²) >= 11 is 0. The number of nitrogens with two attached hydrogens (primary N) is 2. The molecule has 2 aromatic carbocycles. The Labute approximate surface area is 248 Å². The van der Waals surface area contributed by atoms with Crippen LogP contribution in [-0.4, -0.2) is 64.2 Å². The summed E-state index contributed by atoms with van der Waals surface area (Å²) in [5.74, 6) is -3.01. The molecule has 8 N–H and O–H groups in total. The highest BCUT2D eigenvalue weighted by Crippen LogP contribution is 2.30. The summed E-state index contributed by atoms with van der Waals surface area (Å²) in [6.07, 6.45) is -2.00. The Morgan fingerprint density at radius 1 is 0.857 bits per heavy atom. The molecule has 0 spiro atoms. The zero-order valence-electron chi connectivity index (χ0n) is 25.2. The molecule has 230 valence electrons. The lowest BCUT2D eigenvalue weighted by molar-refractivity contribution is -0.134. The van der Waals surface area contributed by atoms with E-state index >= 15 is 0 Å². The van der Waals surface area contributed by atoms with Crippen LogP contribution in [0, 0.1) is 11.8 Å². The molecule has 2 aromatic rings. The van der Waals surface area contributed by atoms with Gasteiger partial charge in [-0.15, -0.1) is 0 Å². The van der Waals surface area contributed by atoms with E-state index < -0.39 is 53.4 Å². The maximum Gasteiger partial charge on any atom is 0.317 e. The summed E-state index contributed by atoms with van der Waals surface area (Å²) in [7, 11) is 0. The third-order valence-corrected chi connectivity index (χ3v) is 6.68. The normalized spacial score (nSPS) is 14.3. The number of benzene rings is 2. The third-order valence-electron chi connectivity index (χ3n) is 6.68. The second-order valence-electron chi connectivity index (χ2n) is 12.1. The van der Waals surface area contributed by atoms with E-state index in [0.717, 1.165) is 11.1 Å². The molecule has 0 saturated heterocycles. The number of hydrogen-bond donors (Lipinski definition) is 6. The molecule has 3 atom stereocenters. The van der Waals surface area contributed by atoms with Crippen molar-refractivity contribution in [3.05, 3.63) is 71.8 Å². The fourth-order valence-corrected chi connectivity index (χ4v) is 4.84. The topological polar surface area (TPSA) is 180 Å². The van der Waals surface area contributed by atoms with Crippen LogP contribution in [0.5, 0.6) is 0 Å². The van der Waals surface area contributed by atoms with Crippen LogP contribution >= 0.6 is 0 Å². The maximum atomic E-state index is 13.3. The van der Waals surface area contributed by atoms with Crippen LogP contribution in [0.15, 0.2) is 60.7 Å². The summed E-state index contributed by atoms with van der Waals surface area (Å²) in [5, 5.41) is 20.0. The maximum absolute atomic E-state index is 13.3. The lowest BCUT2D eigenvalue weighted by atomic mass is 9.73. The van der Waals surface area contributed by atoms with Crippen molar-refractivity contribution < 1.29 is 24.3 Å². The number of carbonyl (C=O) groups is 4. The fraction of sp³-hybridized carbons (Fsp3) is 0.484. The van der Waals surface area contributed by atoms with Crippen molar-refractivity contribution in [3.8, 4) is 0 Å². The molecule has 2 rings (SSSR count). The highest BCUT2D eigenvalue weighted by molar-refractivity contribution is 5.95. The van der Waals surface area contributed by atoms with Crippen LogP contribution in [-0.2, 0) is 22.6 Å². The Balaban J connectivity index is 2.52. The highest BCUT2D eigenvalue weighted by Gasteiger charge is 2.50. The van der Waals surface area contributed by atoms with Gasteiger partial charge in [-0.3, -0.25) is 9.59 Å². The SMILES string of the molecule is CC(C)CN(CC(O)C(Cc1ccccc1)C(CC(N)=O)(NC(=O)NCc1ccccc1)C(N)=O)C(=O)NC(C)(C)C. The van der Waals surface area contributed by atoms with Gasteiger partial charge in [0.25, 0.3) is 0 Å². The van der Waals surface area contributed by atoms with Crippen LogP contribution in [0.25, 0.3) is 0 Å². The highest BCUT2D eigenvalue weighted by atomic mass is 16.3. The van der Waals surface area contributed by atoms with Crippen LogP contribution < -0.4 is 27.4 Å². The van der Waals surface area contributed by atoms with E-state index in [2.05, 4.69) is 16.0 Å². The van der Waals surface area contributed by atoms with E-state index in [1.165, 1.54) is 4.90 Å². The number of amides is 6. The molecule has 3 unspecified atom stereocenters. The Kier molecular flexibility index (Phi) is 12.3. The zero-order valence-corrected chi connectivity index (χ0v) is 25.2. The van der Waals surface area contributed by atoms with Gasteiger partial charge in [0, 0.05) is 31.1 Å². The van der Waals surface area contributed by atoms with E-state index in [1.807, 2.05) is 71.0 Å². The Bertz CT molecular complexity index is 1190. The largest absolute Gasteiger partial charge is 0.391 e. The van der Waals surface area contributed by atoms with Gasteiger partial charge in [-0.1, -0.05) is 74.5 Å². The number of rotatable bonds is 14. The average Bonchev–Trinajstić information content (AvgIpc) is 2.89. The summed E-state index contributed by atoms with van der Waals surface area (Å²) in [5.41, 5.74) is 10.4. The van der Waals surface area contributed by atoms with Gasteiger partial charge in [0.2, 0.25) is 11.8 Å². The number of nitrogens with one attached hydrogen (secondary N) is 3. The summed E-state index contributed by atoms with van der Waals surface area (Å²) in [6, 6.07) is 16.9. The molecule has 0 heterocycles. The molecule has 11 nitrogen and oxygen atoms in total. The second-order valence-corrected chi connectivity index (χ2v) is 12.1. The summed E-state index contributed by atoms with van der Waals surface area (Å²) < 4.78 is 0. The molecular formula is C31H46N6O5. The summed E-state index contributed by atoms with van der Waals surface area (Å²) in [4.78, 5) is 53.5. The van der Waals surface area contributed by atoms with Crippen molar-refractivity contribution >= 4 is 23.9 Å². The molecule has 0 aliphatic rings. The van der Waals surface area contributed by atoms with Crippen molar-refractivity contribution in [2.75, 3.05) is 13.1 Å². The molecule has 0 aliphatic heterocycles. The zero-order chi connectivity index (χ0) is 31.5. The smallest absolute Gasteiger partial charge is 0.317 e. The molecule has 42 heavy (non-hydrogen) atoms. The number of primary amides is 2. The molecule has 0 aromatic heterocycles. The van der Waals surface area contributed by atoms with E-state index in [9.17, 15) is 24.3 Å². The average molecular weight is 583 g/mol. The van der Waals surface area contributed by atoms with Gasteiger partial charge in [-0.2, -0.15) is 0 Å². The third kappa shape index (κ3) is 10.7. The summed E-state index contributed by atoms with van der Waals surface area (Å²) in [6.45, 7) is 9.65. The molecule has 0 aliphatic carbocycles. The van der Waals surface area contributed by atoms with Crippen molar-refractivity contribution in [1.82, 2.24) is 20.9 Å². The quantitative estimate of drug-likeness (QED) is 0.200. The number of aliphatic hydroxyl groups is 1. The van der Waals surface area contributed by atoms with Gasteiger partial charge < -0.3 is 37.4 Å². The van der Waals surface area contributed by atoms with Gasteiger partial charge in [0.15, 0.2) is 0 Å². The predicted octanol–water partition coefficient (Wildman–Crippen LogP) is 2.27. The van der Waals surface area contributed by atoms with Crippen LogP contribution in [0.1, 0.15) is 52.2 Å². The van der Waals surface area contributed by atoms with E-state index in [1.54, 1.807) is 24.3 Å². The van der Waals surface area contributed by atoms with Crippen LogP contribution in [0.3, 0.4) is 0 Å². The molecule has 0 bridgehead atoms. The Hall–Kier alpha value is -4.12. The first-order valence-corrected chi connectivity index (χ1v) is 14.1. The Morgan fingerprint density at radius 2 is 1.40 bits per heavy atom. The number of carbonyl (C=O) groups excluding carboxylic acids is 4. The lowest BCUT2D eigenvalue weighted by Crippen LogP contribution is -2.68. The molecule has 0 fully saturated rings. The van der Waals surface area contributed by atoms with E-state index in [0.29, 0.717) is 6.54 Å². The number of urea groups is 2. The van der Waals surface area contributed by atoms with E-state index in [4.69, 9.17) is 11.5 Å². The van der Waals surface area contributed by atoms with E-state index in [-0.39, 0.29) is 25.4 Å². The molecule has 0 radical (unpaired) electrons. The molecule has 6 amide bonds. The van der Waals surface area contributed by atoms with Gasteiger partial charge in [-0.05, 0) is 44.2 Å². The molecule has 11 heteroatoms. The van der Waals surface area contributed by atoms with Crippen LogP contribution in [0.4, 0.5) is 9.59 Å². The first-order chi connectivity index (χ1) is 19.6. The Morgan fingerprint density at radius 3 is 1.88 bits per heavy atom. The van der Waals surface area contributed by atoms with Crippen molar-refractivity contribution in [2.45, 2.75) is 71.2 Å². The fourth-order valence-electron chi connectivity index (χ4n) is 4.84. The number of aliphatic hydroxyl groups excluding tert-OH is 1. The minimum absolute atomic E-state index is 0.0492. The minimum atomic E-state index is -2.08. The van der Waals surface area contributed by atoms with Crippen molar-refractivity contribution in [3.63, 3.8) is 0 Å². The van der Waals surface area contributed by atoms with Gasteiger partial charge in [-0.25, -0.2) is 9.59 Å². The molecule has 0 saturated carbocycles. The lowest BCUT2D eigenvalue weighted by Gasteiger charge is -2.42. The van der Waals surface area contributed by atoms with Crippen LogP contribution in [0.2, 0.25) is 0 Å². The standard InChI is InChI=1S/C31H46N6O5/c1-21(2)19-37(29(42)36-30(3,4)5)20-25(38)24(16-22-12-8-6-9-13-22)31(27(33)40,17-26(32)39)35-28(41)34-18-23-14-10-7-11-15-23/h6-15,21,24-25,38H,16-20H2,1-5H3,(H2,32,39)(H2,33,40)(H,36,42)(H2,34,35,41). The number of hydrogen-bond acceptors (Lipinski definition) is 5. The second kappa shape index (κ2) is 15.2. The van der Waals surface area contributed by atoms with Crippen molar-refractivity contribution in [2.24, 2.45) is 23.3 Å². The monoisotopic (exact) mass is 582 g/mol. The first kappa shape index (κ1) is 34.1. The van der Waals surface area contributed by atoms with Gasteiger partial charge >= 0.3 is 12.1 Å². The van der Waals surface area contributed by atoms with Gasteiger partial charge in [0.1, 0.15) is 5.54 Å². The first-order valence-electron chi connectivity index (χ1n) is 14.1. The predicted molar refractivity (Wildman–Crippen MR) is 162 cm³/mol. The molecular weight excluding hydrogens is 536 g/mol.